The second-order valence-electron chi connectivity index (χ2n) is 5.29. The minimum Gasteiger partial charge on any atom is -0.444 e. The first-order chi connectivity index (χ1) is 8.31. The number of aromatic amines is 1. The molecule has 0 atom stereocenters. The third-order valence-corrected chi connectivity index (χ3v) is 2.40. The van der Waals surface area contributed by atoms with Crippen LogP contribution in [-0.2, 0) is 17.6 Å². The fourth-order valence-corrected chi connectivity index (χ4v) is 1.62. The maximum Gasteiger partial charge on any atom is 0.407 e. The first-order valence-electron chi connectivity index (χ1n) is 6.33. The van der Waals surface area contributed by atoms with Crippen LogP contribution in [0, 0.1) is 6.92 Å². The molecule has 1 heterocycles. The van der Waals surface area contributed by atoms with Crippen LogP contribution in [0.25, 0.3) is 0 Å². The lowest BCUT2D eigenvalue weighted by Gasteiger charge is -2.19. The van der Waals surface area contributed by atoms with E-state index in [0.29, 0.717) is 13.0 Å². The Bertz CT molecular complexity index is 405. The van der Waals surface area contributed by atoms with E-state index in [0.717, 1.165) is 23.6 Å². The van der Waals surface area contributed by atoms with Gasteiger partial charge in [-0.3, -0.25) is 0 Å². The van der Waals surface area contributed by atoms with Crippen molar-refractivity contribution in [3.05, 3.63) is 17.2 Å². The first-order valence-corrected chi connectivity index (χ1v) is 6.33. The average Bonchev–Trinajstić information content (AvgIpc) is 2.56. The van der Waals surface area contributed by atoms with Crippen LogP contribution in [0.3, 0.4) is 0 Å². The fraction of sp³-hybridized carbons (Fsp3) is 0.692. The molecular weight excluding hydrogens is 230 g/mol. The molecule has 0 unspecified atom stereocenters. The third-order valence-electron chi connectivity index (χ3n) is 2.40. The van der Waals surface area contributed by atoms with E-state index in [1.54, 1.807) is 0 Å². The summed E-state index contributed by atoms with van der Waals surface area (Å²) in [5, 5.41) is 2.71. The number of imidazole rings is 1. The zero-order valence-electron chi connectivity index (χ0n) is 11.9. The molecule has 5 nitrogen and oxygen atoms in total. The van der Waals surface area contributed by atoms with Gasteiger partial charge in [-0.15, -0.1) is 0 Å². The van der Waals surface area contributed by atoms with Gasteiger partial charge in [-0.05, 0) is 34.1 Å². The molecular formula is C13H23N3O2. The summed E-state index contributed by atoms with van der Waals surface area (Å²) < 4.78 is 5.15. The smallest absolute Gasteiger partial charge is 0.407 e. The van der Waals surface area contributed by atoms with E-state index < -0.39 is 5.60 Å². The maximum absolute atomic E-state index is 11.4. The predicted molar refractivity (Wildman–Crippen MR) is 70.6 cm³/mol. The van der Waals surface area contributed by atoms with Crippen LogP contribution < -0.4 is 5.32 Å². The lowest BCUT2D eigenvalue weighted by Crippen LogP contribution is -2.33. The Morgan fingerprint density at radius 2 is 2.11 bits per heavy atom. The van der Waals surface area contributed by atoms with E-state index >= 15 is 0 Å². The molecule has 18 heavy (non-hydrogen) atoms. The number of ether oxygens (including phenoxy) is 1. The molecule has 102 valence electrons. The van der Waals surface area contributed by atoms with E-state index in [9.17, 15) is 4.79 Å². The van der Waals surface area contributed by atoms with Gasteiger partial charge in [0.2, 0.25) is 0 Å². The van der Waals surface area contributed by atoms with Crippen molar-refractivity contribution in [1.29, 1.82) is 0 Å². The van der Waals surface area contributed by atoms with Crippen LogP contribution in [0.2, 0.25) is 0 Å². The summed E-state index contributed by atoms with van der Waals surface area (Å²) in [6.07, 6.45) is 1.21. The van der Waals surface area contributed by atoms with Crippen LogP contribution in [-0.4, -0.2) is 28.2 Å². The van der Waals surface area contributed by atoms with Crippen molar-refractivity contribution in [2.24, 2.45) is 0 Å². The summed E-state index contributed by atoms with van der Waals surface area (Å²) in [6, 6.07) is 0. The Balaban J connectivity index is 2.35. The highest BCUT2D eigenvalue weighted by Crippen LogP contribution is 2.07. The van der Waals surface area contributed by atoms with Gasteiger partial charge in [0.25, 0.3) is 0 Å². The molecule has 0 fully saturated rings. The molecule has 0 spiro atoms. The molecule has 1 amide bonds. The van der Waals surface area contributed by atoms with E-state index in [2.05, 4.69) is 22.2 Å². The van der Waals surface area contributed by atoms with Crippen LogP contribution in [0.5, 0.6) is 0 Å². The number of rotatable bonds is 4. The largest absolute Gasteiger partial charge is 0.444 e. The summed E-state index contributed by atoms with van der Waals surface area (Å²) in [6.45, 7) is 10.1. The quantitative estimate of drug-likeness (QED) is 0.865. The van der Waals surface area contributed by atoms with E-state index in [1.165, 1.54) is 0 Å². The molecule has 0 saturated heterocycles. The number of carbonyl (C=O) groups is 1. The third kappa shape index (κ3) is 4.77. The molecule has 1 aromatic rings. The van der Waals surface area contributed by atoms with Crippen molar-refractivity contribution >= 4 is 6.09 Å². The zero-order chi connectivity index (χ0) is 13.8. The van der Waals surface area contributed by atoms with E-state index in [-0.39, 0.29) is 6.09 Å². The molecule has 1 aromatic heterocycles. The highest BCUT2D eigenvalue weighted by Gasteiger charge is 2.15. The number of nitrogens with zero attached hydrogens (tertiary/aromatic N) is 1. The van der Waals surface area contributed by atoms with Crippen molar-refractivity contribution in [1.82, 2.24) is 15.3 Å². The Hall–Kier alpha value is -1.52. The lowest BCUT2D eigenvalue weighted by molar-refractivity contribution is 0.0528. The monoisotopic (exact) mass is 253 g/mol. The van der Waals surface area contributed by atoms with Crippen molar-refractivity contribution < 1.29 is 9.53 Å². The number of H-pyrrole nitrogens is 1. The number of aryl methyl sites for hydroxylation is 2. The summed E-state index contributed by atoms with van der Waals surface area (Å²) in [7, 11) is 0. The summed E-state index contributed by atoms with van der Waals surface area (Å²) in [4.78, 5) is 19.1. The van der Waals surface area contributed by atoms with Crippen molar-refractivity contribution in [3.63, 3.8) is 0 Å². The highest BCUT2D eigenvalue weighted by atomic mass is 16.6. The lowest BCUT2D eigenvalue weighted by atomic mass is 10.2. The number of hydrogen-bond donors (Lipinski definition) is 2. The van der Waals surface area contributed by atoms with Gasteiger partial charge >= 0.3 is 6.09 Å². The minimum atomic E-state index is -0.458. The average molecular weight is 253 g/mol. The molecule has 2 N–H and O–H groups in total. The van der Waals surface area contributed by atoms with Crippen LogP contribution in [0.1, 0.15) is 44.9 Å². The molecule has 0 radical (unpaired) electrons. The molecule has 0 aliphatic heterocycles. The Morgan fingerprint density at radius 3 is 2.61 bits per heavy atom. The zero-order valence-corrected chi connectivity index (χ0v) is 11.9. The van der Waals surface area contributed by atoms with Crippen LogP contribution in [0.15, 0.2) is 0 Å². The number of amides is 1. The number of aromatic nitrogens is 2. The van der Waals surface area contributed by atoms with Gasteiger partial charge in [-0.25, -0.2) is 9.78 Å². The van der Waals surface area contributed by atoms with Crippen molar-refractivity contribution in [2.75, 3.05) is 6.54 Å². The normalized spacial score (nSPS) is 11.4. The number of carbonyl (C=O) groups excluding carboxylic acids is 1. The molecule has 0 aliphatic rings. The number of nitrogens with one attached hydrogen (secondary N) is 2. The predicted octanol–water partition coefficient (Wildman–Crippen LogP) is 2.35. The van der Waals surface area contributed by atoms with Gasteiger partial charge in [0.1, 0.15) is 11.4 Å². The van der Waals surface area contributed by atoms with Gasteiger partial charge in [0, 0.05) is 18.7 Å². The van der Waals surface area contributed by atoms with Crippen molar-refractivity contribution in [2.45, 2.75) is 53.1 Å². The van der Waals surface area contributed by atoms with Crippen LogP contribution in [0.4, 0.5) is 4.79 Å². The Morgan fingerprint density at radius 1 is 1.44 bits per heavy atom. The standard InChI is InChI=1S/C13H23N3O2/c1-6-10-9(2)15-11(16-10)7-8-14-12(17)18-13(3,4)5/h6-8H2,1-5H3,(H,14,17)(H,15,16). The summed E-state index contributed by atoms with van der Waals surface area (Å²) in [5.74, 6) is 0.903. The molecule has 1 rings (SSSR count). The summed E-state index contributed by atoms with van der Waals surface area (Å²) >= 11 is 0. The van der Waals surface area contributed by atoms with Gasteiger partial charge in [0.05, 0.1) is 5.69 Å². The second kappa shape index (κ2) is 5.89. The second-order valence-corrected chi connectivity index (χ2v) is 5.29. The van der Waals surface area contributed by atoms with Gasteiger partial charge in [-0.2, -0.15) is 0 Å². The molecule has 0 aliphatic carbocycles. The SMILES string of the molecule is CCc1nc(CCNC(=O)OC(C)(C)C)[nH]c1C. The van der Waals surface area contributed by atoms with E-state index in [1.807, 2.05) is 27.7 Å². The molecule has 0 bridgehead atoms. The Labute approximate surface area is 108 Å². The van der Waals surface area contributed by atoms with Crippen LogP contribution >= 0.6 is 0 Å². The van der Waals surface area contributed by atoms with Gasteiger partial charge < -0.3 is 15.0 Å². The molecule has 0 aromatic carbocycles. The molecule has 5 heteroatoms. The van der Waals surface area contributed by atoms with E-state index in [4.69, 9.17) is 4.74 Å². The number of alkyl carbamates (subject to hydrolysis) is 1. The fourth-order valence-electron chi connectivity index (χ4n) is 1.62. The molecule has 0 saturated carbocycles. The van der Waals surface area contributed by atoms with Crippen molar-refractivity contribution in [3.8, 4) is 0 Å². The van der Waals surface area contributed by atoms with Gasteiger partial charge in [-0.1, -0.05) is 6.92 Å². The topological polar surface area (TPSA) is 67.0 Å². The Kier molecular flexibility index (Phi) is 4.76. The minimum absolute atomic E-state index is 0.388. The number of hydrogen-bond acceptors (Lipinski definition) is 3. The highest BCUT2D eigenvalue weighted by molar-refractivity contribution is 5.67. The maximum atomic E-state index is 11.4. The summed E-state index contributed by atoms with van der Waals surface area (Å²) in [5.41, 5.74) is 1.73. The first kappa shape index (κ1) is 14.5. The van der Waals surface area contributed by atoms with Gasteiger partial charge in [0.15, 0.2) is 0 Å².